The molecule has 0 fully saturated rings. The first-order valence-electron chi connectivity index (χ1n) is 46.7. The largest absolute Gasteiger partial charge is 0.512 e. The summed E-state index contributed by atoms with van der Waals surface area (Å²) < 4.78 is 52.4. The van der Waals surface area contributed by atoms with Crippen molar-refractivity contribution in [1.82, 2.24) is 54.8 Å². The number of hydrogen-bond donors (Lipinski definition) is 4. The minimum absolute atomic E-state index is 0. The molecule has 7 aromatic heterocycles. The molecule has 0 unspecified atom stereocenters. The molecule has 148 heavy (non-hydrogen) atoms. The fourth-order valence-electron chi connectivity index (χ4n) is 12.5. The van der Waals surface area contributed by atoms with E-state index in [-0.39, 0.29) is 172 Å². The monoisotopic (exact) mass is 2710 g/mol. The zero-order valence-corrected chi connectivity index (χ0v) is 97.1. The first-order chi connectivity index (χ1) is 67.4. The van der Waals surface area contributed by atoms with Crippen LogP contribution in [0.3, 0.4) is 0 Å². The molecular weight excluding hydrogens is 2580 g/mol. The summed E-state index contributed by atoms with van der Waals surface area (Å²) in [5, 5.41) is 41.9. The molecule has 780 valence electrons. The molecule has 0 amide bonds. The van der Waals surface area contributed by atoms with Gasteiger partial charge in [0.25, 0.3) is 0 Å². The van der Waals surface area contributed by atoms with Gasteiger partial charge in [0, 0.05) is 213 Å². The Labute approximate surface area is 920 Å². The van der Waals surface area contributed by atoms with Gasteiger partial charge in [0.1, 0.15) is 48.3 Å². The maximum absolute atomic E-state index is 13.1. The molecule has 16 aromatic rings. The molecule has 0 aliphatic rings. The average Bonchev–Trinajstić information content (AvgIpc) is 0.798. The van der Waals surface area contributed by atoms with E-state index in [4.69, 9.17) is 0 Å². The van der Waals surface area contributed by atoms with Crippen LogP contribution < -0.4 is 0 Å². The second-order valence-corrected chi connectivity index (χ2v) is 42.1. The number of halogens is 4. The van der Waals surface area contributed by atoms with E-state index in [1.54, 1.807) is 49.1 Å². The topological polar surface area (TPSA) is 291 Å². The van der Waals surface area contributed by atoms with Crippen LogP contribution in [0.25, 0.3) is 133 Å². The summed E-state index contributed by atoms with van der Waals surface area (Å²) in [5.41, 5.74) is 14.6. The molecule has 0 atom stereocenters. The number of aromatic nitrogens is 11. The van der Waals surface area contributed by atoms with Crippen LogP contribution in [0.2, 0.25) is 0 Å². The third kappa shape index (κ3) is 38.0. The Balaban J connectivity index is 0.000000301. The zero-order chi connectivity index (χ0) is 106. The smallest absolute Gasteiger partial charge is 0.164 e. The van der Waals surface area contributed by atoms with Gasteiger partial charge >= 0.3 is 0 Å². The fraction of sp³-hybridized carbons (Fsp3) is 0.264. The maximum Gasteiger partial charge on any atom is 0.164 e. The Morgan fingerprint density at radius 1 is 0.250 bits per heavy atom. The summed E-state index contributed by atoms with van der Waals surface area (Å²) in [6.07, 6.45) is 20.3. The summed E-state index contributed by atoms with van der Waals surface area (Å²) in [5.74, 6) is -0.833. The van der Waals surface area contributed by atoms with Crippen LogP contribution >= 0.6 is 0 Å². The van der Waals surface area contributed by atoms with Crippen LogP contribution in [0.15, 0.2) is 322 Å². The molecule has 16 rings (SSSR count). The van der Waals surface area contributed by atoms with Crippen molar-refractivity contribution in [2.75, 3.05) is 0 Å². The van der Waals surface area contributed by atoms with E-state index in [0.29, 0.717) is 0 Å². The van der Waals surface area contributed by atoms with E-state index in [1.807, 2.05) is 306 Å². The first-order valence-corrected chi connectivity index (χ1v) is 46.7. The van der Waals surface area contributed by atoms with Gasteiger partial charge in [-0.3, -0.25) is 71.6 Å². The van der Waals surface area contributed by atoms with Gasteiger partial charge in [-0.1, -0.05) is 257 Å². The van der Waals surface area contributed by atoms with Crippen LogP contribution in [0, 0.1) is 90.9 Å². The molecular formula is C121H125F4Ir4N11O8-4. The normalized spacial score (nSPS) is 11.8. The average molecular weight is 2710 g/mol. The number of fused-ring (bicyclic) bond motifs is 4. The van der Waals surface area contributed by atoms with Gasteiger partial charge in [0.2, 0.25) is 0 Å². The molecule has 0 aliphatic carbocycles. The molecule has 4 N–H and O–H groups in total. The van der Waals surface area contributed by atoms with Crippen LogP contribution in [0.1, 0.15) is 166 Å². The SMILES string of the molecule is CC(C)(C)C(=O)C=C(O)C(C)(C)C.CC(C)(C)C(=O)C=C(O)C(C)(C)C.CC(C)(C)C(=O)C=C(O)C(C)(C)C.CC(C)(C)C(=O)C=C(O)C(C)(C)C.Fc1c[c-]c(-c2ncnc3cc(-c4ccccc4)ccc23)cc1.Fc1c[c-]c(-c2ncnc3cc(-c4ccccn4)ccc23)cc1.Fc1c[c-]c(-c2ncnc3cc(-c4cccnc4)ccc23)cc1.Fc1c[c-]c(-c2ncnc3cc(-c4ccncc4)ccc23)cc1.[Ir].[Ir].[Ir].[Ir]. The molecule has 9 aromatic carbocycles. The van der Waals surface area contributed by atoms with E-state index in [0.717, 1.165) is 133 Å². The Kier molecular flexibility index (Phi) is 46.8. The van der Waals surface area contributed by atoms with Gasteiger partial charge < -0.3 is 20.4 Å². The van der Waals surface area contributed by atoms with Gasteiger partial charge in [-0.25, -0.2) is 19.9 Å². The standard InChI is InChI=1S/C20H12FN2.3C19H11FN3.4C11H20O2.4Ir/c21-17-9-6-15(7-10-17)20-18-11-8-16(12-19(18)22-13-23-20)14-4-2-1-3-5-14;20-16-4-1-14(2-5-16)19-17-6-3-15(11-18(17)22-12-23-19)13-7-9-21-10-8-13;20-16-6-3-13(4-7-16)19-17-8-5-14(10-18(17)22-12-23-19)15-2-1-9-21-11-15;20-15-7-4-13(5-8-15)19-16-9-6-14(11-18(16)22-12-23-19)17-3-1-2-10-21-17;4*1-10(2,3)8(12)7-9(13)11(4,5)6;;;;/h1-6,8-13H;1,3-12H;1-3,5-12H;1-4,6-12H;4*7,12H,1-6H3;;;;/q4*-1;;;;;;;;. The van der Waals surface area contributed by atoms with Crippen molar-refractivity contribution in [1.29, 1.82) is 0 Å². The van der Waals surface area contributed by atoms with E-state index in [9.17, 15) is 57.2 Å². The molecule has 0 aliphatic heterocycles. The summed E-state index contributed by atoms with van der Waals surface area (Å²) in [7, 11) is 0. The van der Waals surface area contributed by atoms with E-state index < -0.39 is 21.7 Å². The van der Waals surface area contributed by atoms with Gasteiger partial charge in [-0.2, -0.15) is 0 Å². The Morgan fingerprint density at radius 2 is 0.514 bits per heavy atom. The van der Waals surface area contributed by atoms with Crippen molar-refractivity contribution >= 4 is 66.7 Å². The second-order valence-electron chi connectivity index (χ2n) is 42.1. The number of pyridine rings is 3. The third-order valence-electron chi connectivity index (χ3n) is 21.8. The van der Waals surface area contributed by atoms with Gasteiger partial charge in [0.05, 0.1) is 27.8 Å². The quantitative estimate of drug-likeness (QED) is 0.0382. The minimum Gasteiger partial charge on any atom is -0.512 e. The van der Waals surface area contributed by atoms with Crippen molar-refractivity contribution in [3.63, 3.8) is 0 Å². The molecule has 27 heteroatoms. The van der Waals surface area contributed by atoms with Crippen molar-refractivity contribution in [2.24, 2.45) is 43.3 Å². The number of carbonyl (C=O) groups is 4. The van der Waals surface area contributed by atoms with E-state index in [1.165, 1.54) is 98.1 Å². The Hall–Kier alpha value is -13.1. The van der Waals surface area contributed by atoms with Crippen molar-refractivity contribution in [3.8, 4) is 89.7 Å². The summed E-state index contributed by atoms with van der Waals surface area (Å²) in [6, 6.07) is 77.1. The van der Waals surface area contributed by atoms with Crippen molar-refractivity contribution < 1.29 is 138 Å². The van der Waals surface area contributed by atoms with E-state index >= 15 is 0 Å². The molecule has 4 radical (unpaired) electrons. The second kappa shape index (κ2) is 55.3. The number of carbonyl (C=O) groups excluding carboxylic acids is 4. The molecule has 19 nitrogen and oxygen atoms in total. The molecule has 0 spiro atoms. The zero-order valence-electron chi connectivity index (χ0n) is 87.5. The summed E-state index contributed by atoms with van der Waals surface area (Å²) in [6.45, 7) is 44.5. The number of benzene rings is 9. The minimum atomic E-state index is -0.417. The molecule has 7 heterocycles. The van der Waals surface area contributed by atoms with Crippen LogP contribution in [-0.2, 0) is 99.6 Å². The first kappa shape index (κ1) is 125. The number of nitrogens with zero attached hydrogens (tertiary/aromatic N) is 11. The maximum atomic E-state index is 13.1. The number of hydrogen-bond acceptors (Lipinski definition) is 19. The summed E-state index contributed by atoms with van der Waals surface area (Å²) >= 11 is 0. The Bertz CT molecular complexity index is 6360. The molecule has 0 bridgehead atoms. The predicted octanol–water partition coefficient (Wildman–Crippen LogP) is 30.1. The molecule has 0 saturated carbocycles. The Morgan fingerprint density at radius 3 is 0.764 bits per heavy atom. The number of ketones is 4. The van der Waals surface area contributed by atoms with Crippen molar-refractivity contribution in [2.45, 2.75) is 166 Å². The molecule has 0 saturated heterocycles. The van der Waals surface area contributed by atoms with Crippen LogP contribution in [-0.4, -0.2) is 98.4 Å². The predicted molar refractivity (Wildman–Crippen MR) is 569 cm³/mol. The fourth-order valence-corrected chi connectivity index (χ4v) is 12.5. The third-order valence-corrected chi connectivity index (χ3v) is 21.8. The summed E-state index contributed by atoms with van der Waals surface area (Å²) in [4.78, 5) is 93.2. The van der Waals surface area contributed by atoms with Gasteiger partial charge in [0.15, 0.2) is 23.1 Å². The number of aliphatic hydroxyl groups excluding tert-OH is 4. The van der Waals surface area contributed by atoms with E-state index in [2.05, 4.69) is 91.2 Å². The number of rotatable bonds is 12. The van der Waals surface area contributed by atoms with Gasteiger partial charge in [-0.15, -0.1) is 119 Å². The van der Waals surface area contributed by atoms with Crippen LogP contribution in [0.5, 0.6) is 0 Å². The van der Waals surface area contributed by atoms with Gasteiger partial charge in [-0.05, 0) is 127 Å². The number of aliphatic hydroxyl groups is 4. The van der Waals surface area contributed by atoms with Crippen molar-refractivity contribution in [3.05, 3.63) is 370 Å². The van der Waals surface area contributed by atoms with Crippen LogP contribution in [0.4, 0.5) is 17.6 Å². The number of allylic oxidation sites excluding steroid dienone is 8.